The van der Waals surface area contributed by atoms with Gasteiger partial charge >= 0.3 is 5.97 Å². The summed E-state index contributed by atoms with van der Waals surface area (Å²) in [7, 11) is 3.03. The zero-order chi connectivity index (χ0) is 13.8. The molecule has 1 rings (SSSR count). The van der Waals surface area contributed by atoms with Crippen molar-refractivity contribution in [2.75, 3.05) is 14.2 Å². The first kappa shape index (κ1) is 14.5. The number of ether oxygens (including phenoxy) is 2. The molecule has 0 saturated heterocycles. The van der Waals surface area contributed by atoms with Crippen molar-refractivity contribution in [2.45, 2.75) is 32.9 Å². The van der Waals surface area contributed by atoms with Gasteiger partial charge in [0.2, 0.25) is 0 Å². The third-order valence-corrected chi connectivity index (χ3v) is 2.85. The number of benzene rings is 1. The summed E-state index contributed by atoms with van der Waals surface area (Å²) in [6.45, 7) is 6.16. The summed E-state index contributed by atoms with van der Waals surface area (Å²) >= 11 is 0. The van der Waals surface area contributed by atoms with E-state index in [-0.39, 0.29) is 5.97 Å². The Kier molecular flexibility index (Phi) is 4.73. The Morgan fingerprint density at radius 2 is 2.00 bits per heavy atom. The van der Waals surface area contributed by atoms with E-state index >= 15 is 0 Å². The second kappa shape index (κ2) is 5.87. The molecule has 0 heterocycles. The highest BCUT2D eigenvalue weighted by atomic mass is 16.5. The van der Waals surface area contributed by atoms with Crippen LogP contribution < -0.4 is 10.1 Å². The number of nitrogens with one attached hydrogen (secondary N) is 1. The third-order valence-electron chi connectivity index (χ3n) is 2.85. The van der Waals surface area contributed by atoms with Gasteiger partial charge in [0.25, 0.3) is 0 Å². The lowest BCUT2D eigenvalue weighted by molar-refractivity contribution is -0.147. The fourth-order valence-electron chi connectivity index (χ4n) is 1.69. The molecule has 0 bridgehead atoms. The summed E-state index contributed by atoms with van der Waals surface area (Å²) < 4.78 is 10.0. The third kappa shape index (κ3) is 3.47. The maximum absolute atomic E-state index is 11.6. The molecule has 0 spiro atoms. The van der Waals surface area contributed by atoms with E-state index in [0.29, 0.717) is 6.54 Å². The van der Waals surface area contributed by atoms with Crippen LogP contribution in [0, 0.1) is 6.92 Å². The van der Waals surface area contributed by atoms with E-state index < -0.39 is 5.54 Å². The summed E-state index contributed by atoms with van der Waals surface area (Å²) in [5.41, 5.74) is 1.46. The lowest BCUT2D eigenvalue weighted by Gasteiger charge is -2.23. The van der Waals surface area contributed by atoms with E-state index in [0.717, 1.165) is 16.9 Å². The molecule has 0 amide bonds. The van der Waals surface area contributed by atoms with Crippen LogP contribution in [0.3, 0.4) is 0 Å². The minimum atomic E-state index is -0.719. The Labute approximate surface area is 108 Å². The van der Waals surface area contributed by atoms with Crippen molar-refractivity contribution >= 4 is 5.97 Å². The van der Waals surface area contributed by atoms with Gasteiger partial charge in [-0.05, 0) is 26.8 Å². The van der Waals surface area contributed by atoms with Crippen molar-refractivity contribution in [1.29, 1.82) is 0 Å². The lowest BCUT2D eigenvalue weighted by Crippen LogP contribution is -2.47. The zero-order valence-electron chi connectivity index (χ0n) is 11.7. The maximum atomic E-state index is 11.6. The number of carbonyl (C=O) groups is 1. The highest BCUT2D eigenvalue weighted by Gasteiger charge is 2.27. The molecule has 0 atom stereocenters. The predicted octanol–water partition coefficient (Wildman–Crippen LogP) is 2.04. The summed E-state index contributed by atoms with van der Waals surface area (Å²) in [6, 6.07) is 5.96. The molecule has 0 saturated carbocycles. The molecule has 4 heteroatoms. The first-order valence-electron chi connectivity index (χ1n) is 5.87. The molecule has 1 aromatic carbocycles. The number of methoxy groups -OCH3 is 2. The van der Waals surface area contributed by atoms with E-state index in [9.17, 15) is 4.79 Å². The normalized spacial score (nSPS) is 11.2. The first-order valence-corrected chi connectivity index (χ1v) is 5.87. The Bertz CT molecular complexity index is 427. The Balaban J connectivity index is 2.80. The van der Waals surface area contributed by atoms with Crippen LogP contribution in [-0.2, 0) is 16.1 Å². The minimum Gasteiger partial charge on any atom is -0.496 e. The van der Waals surface area contributed by atoms with Crippen LogP contribution in [0.4, 0.5) is 0 Å². The Morgan fingerprint density at radius 3 is 2.56 bits per heavy atom. The van der Waals surface area contributed by atoms with Crippen LogP contribution in [0.25, 0.3) is 0 Å². The number of aryl methyl sites for hydroxylation is 1. The van der Waals surface area contributed by atoms with Gasteiger partial charge < -0.3 is 9.47 Å². The summed E-state index contributed by atoms with van der Waals surface area (Å²) in [5.74, 6) is 0.530. The van der Waals surface area contributed by atoms with Gasteiger partial charge in [-0.15, -0.1) is 0 Å². The monoisotopic (exact) mass is 251 g/mol. The van der Waals surface area contributed by atoms with E-state index in [1.807, 2.05) is 25.1 Å². The number of hydrogen-bond acceptors (Lipinski definition) is 4. The molecular formula is C14H21NO3. The van der Waals surface area contributed by atoms with E-state index in [4.69, 9.17) is 9.47 Å². The van der Waals surface area contributed by atoms with Crippen LogP contribution >= 0.6 is 0 Å². The van der Waals surface area contributed by atoms with Crippen LogP contribution in [0.5, 0.6) is 5.75 Å². The van der Waals surface area contributed by atoms with Gasteiger partial charge in [-0.25, -0.2) is 0 Å². The SMILES string of the molecule is COC(=O)C(C)(C)NCc1cc(C)ccc1OC. The molecule has 1 N–H and O–H groups in total. The van der Waals surface area contributed by atoms with Crippen LogP contribution in [-0.4, -0.2) is 25.7 Å². The summed E-state index contributed by atoms with van der Waals surface area (Å²) in [6.07, 6.45) is 0. The van der Waals surface area contributed by atoms with Crippen molar-refractivity contribution in [3.05, 3.63) is 29.3 Å². The molecule has 0 radical (unpaired) electrons. The summed E-state index contributed by atoms with van der Waals surface area (Å²) in [4.78, 5) is 11.6. The van der Waals surface area contributed by atoms with Crippen molar-refractivity contribution in [3.63, 3.8) is 0 Å². The van der Waals surface area contributed by atoms with E-state index in [2.05, 4.69) is 5.32 Å². The zero-order valence-corrected chi connectivity index (χ0v) is 11.7. The van der Waals surface area contributed by atoms with Crippen molar-refractivity contribution in [2.24, 2.45) is 0 Å². The second-order valence-electron chi connectivity index (χ2n) is 4.79. The molecule has 4 nitrogen and oxygen atoms in total. The van der Waals surface area contributed by atoms with Gasteiger partial charge in [0.1, 0.15) is 11.3 Å². The summed E-state index contributed by atoms with van der Waals surface area (Å²) in [5, 5.41) is 3.17. The van der Waals surface area contributed by atoms with Crippen molar-refractivity contribution in [1.82, 2.24) is 5.32 Å². The van der Waals surface area contributed by atoms with Crippen LogP contribution in [0.15, 0.2) is 18.2 Å². The highest BCUT2D eigenvalue weighted by molar-refractivity contribution is 5.79. The van der Waals surface area contributed by atoms with Gasteiger partial charge in [0.05, 0.1) is 14.2 Å². The first-order chi connectivity index (χ1) is 8.40. The number of carbonyl (C=O) groups excluding carboxylic acids is 1. The average molecular weight is 251 g/mol. The molecule has 100 valence electrons. The lowest BCUT2D eigenvalue weighted by atomic mass is 10.0. The van der Waals surface area contributed by atoms with Crippen LogP contribution in [0.1, 0.15) is 25.0 Å². The number of hydrogen-bond donors (Lipinski definition) is 1. The molecule has 0 unspecified atom stereocenters. The largest absolute Gasteiger partial charge is 0.496 e. The van der Waals surface area contributed by atoms with E-state index in [1.165, 1.54) is 7.11 Å². The minimum absolute atomic E-state index is 0.283. The quantitative estimate of drug-likeness (QED) is 0.814. The highest BCUT2D eigenvalue weighted by Crippen LogP contribution is 2.20. The van der Waals surface area contributed by atoms with Gasteiger partial charge in [-0.3, -0.25) is 10.1 Å². The fourth-order valence-corrected chi connectivity index (χ4v) is 1.69. The van der Waals surface area contributed by atoms with Gasteiger partial charge in [0, 0.05) is 12.1 Å². The number of rotatable bonds is 5. The topological polar surface area (TPSA) is 47.6 Å². The molecule has 0 aliphatic rings. The second-order valence-corrected chi connectivity index (χ2v) is 4.79. The molecule has 0 aliphatic carbocycles. The van der Waals surface area contributed by atoms with Crippen molar-refractivity contribution < 1.29 is 14.3 Å². The fraction of sp³-hybridized carbons (Fsp3) is 0.500. The van der Waals surface area contributed by atoms with E-state index in [1.54, 1.807) is 21.0 Å². The average Bonchev–Trinajstić information content (AvgIpc) is 2.35. The van der Waals surface area contributed by atoms with Crippen molar-refractivity contribution in [3.8, 4) is 5.75 Å². The standard InChI is InChI=1S/C14H21NO3/c1-10-6-7-12(17-4)11(8-10)9-15-14(2,3)13(16)18-5/h6-8,15H,9H2,1-5H3. The predicted molar refractivity (Wildman–Crippen MR) is 70.7 cm³/mol. The number of esters is 1. The van der Waals surface area contributed by atoms with Crippen LogP contribution in [0.2, 0.25) is 0 Å². The molecule has 0 aromatic heterocycles. The molecule has 1 aromatic rings. The molecule has 0 aliphatic heterocycles. The maximum Gasteiger partial charge on any atom is 0.325 e. The smallest absolute Gasteiger partial charge is 0.325 e. The molecule has 0 fully saturated rings. The Morgan fingerprint density at radius 1 is 1.33 bits per heavy atom. The van der Waals surface area contributed by atoms with Gasteiger partial charge in [-0.2, -0.15) is 0 Å². The Hall–Kier alpha value is -1.55. The molecular weight excluding hydrogens is 230 g/mol. The van der Waals surface area contributed by atoms with Gasteiger partial charge in [0.15, 0.2) is 0 Å². The van der Waals surface area contributed by atoms with Gasteiger partial charge in [-0.1, -0.05) is 17.7 Å². The molecule has 18 heavy (non-hydrogen) atoms.